The summed E-state index contributed by atoms with van der Waals surface area (Å²) in [5.74, 6) is -1.89. The Hall–Kier alpha value is -3.04. The van der Waals surface area contributed by atoms with Crippen molar-refractivity contribution in [1.82, 2.24) is 19.0 Å². The van der Waals surface area contributed by atoms with Gasteiger partial charge < -0.3 is 18.8 Å². The van der Waals surface area contributed by atoms with Gasteiger partial charge in [-0.2, -0.15) is 0 Å². The summed E-state index contributed by atoms with van der Waals surface area (Å²) < 4.78 is 36.8. The number of halogens is 3. The summed E-state index contributed by atoms with van der Waals surface area (Å²) in [5.41, 5.74) is 1.69. The molecule has 0 spiro atoms. The fourth-order valence-corrected chi connectivity index (χ4v) is 4.58. The minimum absolute atomic E-state index is 0.248. The monoisotopic (exact) mass is 474 g/mol. The molecule has 2 aromatic heterocycles. The van der Waals surface area contributed by atoms with Crippen LogP contribution >= 0.6 is 11.6 Å². The number of imidazole rings is 1. The number of carbonyl (C=O) groups excluding carboxylic acids is 1. The van der Waals surface area contributed by atoms with E-state index < -0.39 is 22.8 Å². The van der Waals surface area contributed by atoms with Crippen molar-refractivity contribution in [2.24, 2.45) is 0 Å². The Labute approximate surface area is 193 Å². The number of fused-ring (bicyclic) bond motifs is 1. The maximum Gasteiger partial charge on any atom is 0.275 e. The lowest BCUT2D eigenvalue weighted by Crippen LogP contribution is -2.47. The number of hydrogen-bond acceptors (Lipinski definition) is 4. The molecule has 1 amide bonds. The van der Waals surface area contributed by atoms with Crippen molar-refractivity contribution >= 4 is 17.5 Å². The second-order valence-electron chi connectivity index (χ2n) is 8.36. The molecule has 1 aromatic carbocycles. The van der Waals surface area contributed by atoms with Crippen LogP contribution < -0.4 is 5.56 Å². The highest BCUT2D eigenvalue weighted by atomic mass is 35.5. The molecule has 0 bridgehead atoms. The van der Waals surface area contributed by atoms with Gasteiger partial charge in [0.15, 0.2) is 0 Å². The van der Waals surface area contributed by atoms with Crippen LogP contribution in [0.5, 0.6) is 0 Å². The van der Waals surface area contributed by atoms with E-state index in [1.54, 1.807) is 34.1 Å². The summed E-state index contributed by atoms with van der Waals surface area (Å²) in [6.45, 7) is 2.91. The molecule has 3 aromatic rings. The molecule has 4 heterocycles. The smallest absolute Gasteiger partial charge is 0.275 e. The standard InChI is InChI=1S/C23H21ClF2N4O3/c1-13-10-29(12-27-13)18-3-4-19-22(31)28(6-7-30(19)23(18)32)11-15-2-5-20(33-15)14-8-16(25)21(24)17(26)9-14/h3-4,8-10,12,15,20H,2,5-7,11H2,1H3/t15-,20+/m0/s1. The van der Waals surface area contributed by atoms with Crippen LogP contribution in [-0.4, -0.2) is 44.1 Å². The number of hydrogen-bond donors (Lipinski definition) is 0. The molecule has 2 aliphatic rings. The van der Waals surface area contributed by atoms with Gasteiger partial charge in [-0.1, -0.05) is 11.6 Å². The maximum atomic E-state index is 13.8. The van der Waals surface area contributed by atoms with E-state index >= 15 is 0 Å². The molecule has 0 aliphatic carbocycles. The minimum atomic E-state index is -0.822. The van der Waals surface area contributed by atoms with Gasteiger partial charge in [0, 0.05) is 25.8 Å². The fraction of sp³-hybridized carbons (Fsp3) is 0.348. The number of aryl methyl sites for hydroxylation is 1. The van der Waals surface area contributed by atoms with E-state index in [0.29, 0.717) is 49.4 Å². The number of benzene rings is 1. The minimum Gasteiger partial charge on any atom is -0.368 e. The van der Waals surface area contributed by atoms with Crippen molar-refractivity contribution < 1.29 is 18.3 Å². The van der Waals surface area contributed by atoms with Crippen molar-refractivity contribution in [3.05, 3.63) is 80.8 Å². The highest BCUT2D eigenvalue weighted by Crippen LogP contribution is 2.35. The average molecular weight is 475 g/mol. The van der Waals surface area contributed by atoms with Crippen LogP contribution in [0.3, 0.4) is 0 Å². The predicted octanol–water partition coefficient (Wildman–Crippen LogP) is 3.65. The lowest BCUT2D eigenvalue weighted by Gasteiger charge is -2.31. The van der Waals surface area contributed by atoms with Gasteiger partial charge in [0.2, 0.25) is 0 Å². The first-order chi connectivity index (χ1) is 15.8. The highest BCUT2D eigenvalue weighted by molar-refractivity contribution is 6.30. The number of pyridine rings is 1. The molecular formula is C23H21ClF2N4O3. The lowest BCUT2D eigenvalue weighted by atomic mass is 10.1. The Kier molecular flexibility index (Phi) is 5.54. The molecule has 0 saturated carbocycles. The third-order valence-corrected chi connectivity index (χ3v) is 6.51. The number of nitrogens with zero attached hydrogens (tertiary/aromatic N) is 4. The van der Waals surface area contributed by atoms with Gasteiger partial charge in [-0.05, 0) is 49.6 Å². The molecule has 10 heteroatoms. The van der Waals surface area contributed by atoms with Gasteiger partial charge in [0.1, 0.15) is 28.0 Å². The second kappa shape index (κ2) is 8.39. The molecule has 1 saturated heterocycles. The first kappa shape index (κ1) is 21.8. The van der Waals surface area contributed by atoms with Crippen LogP contribution in [0.2, 0.25) is 5.02 Å². The largest absolute Gasteiger partial charge is 0.368 e. The maximum absolute atomic E-state index is 13.8. The van der Waals surface area contributed by atoms with Crippen molar-refractivity contribution in [3.8, 4) is 5.69 Å². The summed E-state index contributed by atoms with van der Waals surface area (Å²) in [4.78, 5) is 31.8. The van der Waals surface area contributed by atoms with Gasteiger partial charge >= 0.3 is 0 Å². The number of ether oxygens (including phenoxy) is 1. The molecule has 5 rings (SSSR count). The molecule has 2 aliphatic heterocycles. The van der Waals surface area contributed by atoms with Crippen molar-refractivity contribution in [2.75, 3.05) is 13.1 Å². The number of aromatic nitrogens is 3. The summed E-state index contributed by atoms with van der Waals surface area (Å²) in [6, 6.07) is 5.65. The topological polar surface area (TPSA) is 69.4 Å². The molecule has 0 N–H and O–H groups in total. The van der Waals surface area contributed by atoms with Crippen LogP contribution in [0.1, 0.15) is 40.7 Å². The second-order valence-corrected chi connectivity index (χ2v) is 8.73. The van der Waals surface area contributed by atoms with Gasteiger partial charge in [0.25, 0.3) is 11.5 Å². The zero-order chi connectivity index (χ0) is 23.3. The molecule has 2 atom stereocenters. The highest BCUT2D eigenvalue weighted by Gasteiger charge is 2.33. The normalized spacial score (nSPS) is 20.4. The Balaban J connectivity index is 1.30. The summed E-state index contributed by atoms with van der Waals surface area (Å²) in [7, 11) is 0. The number of rotatable bonds is 4. The van der Waals surface area contributed by atoms with E-state index in [4.69, 9.17) is 16.3 Å². The third-order valence-electron chi connectivity index (χ3n) is 6.15. The van der Waals surface area contributed by atoms with Crippen LogP contribution in [-0.2, 0) is 11.3 Å². The molecule has 7 nitrogen and oxygen atoms in total. The van der Waals surface area contributed by atoms with Crippen molar-refractivity contribution in [2.45, 2.75) is 38.5 Å². The Bertz CT molecular complexity index is 1280. The van der Waals surface area contributed by atoms with Gasteiger partial charge in [-0.3, -0.25) is 9.59 Å². The zero-order valence-electron chi connectivity index (χ0n) is 17.8. The predicted molar refractivity (Wildman–Crippen MR) is 117 cm³/mol. The molecule has 0 radical (unpaired) electrons. The van der Waals surface area contributed by atoms with Gasteiger partial charge in [-0.25, -0.2) is 13.8 Å². The number of carbonyl (C=O) groups is 1. The van der Waals surface area contributed by atoms with Crippen LogP contribution in [0.4, 0.5) is 8.78 Å². The van der Waals surface area contributed by atoms with Crippen LogP contribution in [0, 0.1) is 18.6 Å². The Morgan fingerprint density at radius 1 is 1.15 bits per heavy atom. The van der Waals surface area contributed by atoms with Crippen molar-refractivity contribution in [3.63, 3.8) is 0 Å². The summed E-state index contributed by atoms with van der Waals surface area (Å²) in [6.07, 6.45) is 3.82. The molecule has 1 fully saturated rings. The molecular weight excluding hydrogens is 454 g/mol. The molecule has 172 valence electrons. The first-order valence-electron chi connectivity index (χ1n) is 10.7. The SMILES string of the molecule is Cc1cn(-c2ccc3n(c2=O)CCN(C[C@@H]2CC[C@H](c4cc(F)c(Cl)c(F)c4)O2)C3=O)cn1. The Morgan fingerprint density at radius 3 is 2.61 bits per heavy atom. The summed E-state index contributed by atoms with van der Waals surface area (Å²) in [5, 5.41) is -0.535. The Morgan fingerprint density at radius 2 is 1.91 bits per heavy atom. The molecule has 33 heavy (non-hydrogen) atoms. The number of amides is 1. The first-order valence-corrected chi connectivity index (χ1v) is 11.0. The van der Waals surface area contributed by atoms with E-state index in [9.17, 15) is 18.4 Å². The van der Waals surface area contributed by atoms with E-state index in [0.717, 1.165) is 5.69 Å². The van der Waals surface area contributed by atoms with E-state index in [1.165, 1.54) is 16.7 Å². The van der Waals surface area contributed by atoms with Crippen molar-refractivity contribution in [1.29, 1.82) is 0 Å². The van der Waals surface area contributed by atoms with Gasteiger partial charge in [0.05, 0.1) is 24.2 Å². The average Bonchev–Trinajstić information content (AvgIpc) is 3.43. The fourth-order valence-electron chi connectivity index (χ4n) is 4.48. The quantitative estimate of drug-likeness (QED) is 0.541. The van der Waals surface area contributed by atoms with E-state index in [1.807, 2.05) is 6.92 Å². The summed E-state index contributed by atoms with van der Waals surface area (Å²) >= 11 is 5.56. The lowest BCUT2D eigenvalue weighted by molar-refractivity contribution is 0.0176. The van der Waals surface area contributed by atoms with E-state index in [2.05, 4.69) is 4.98 Å². The third kappa shape index (κ3) is 3.95. The van der Waals surface area contributed by atoms with E-state index in [-0.39, 0.29) is 17.6 Å². The zero-order valence-corrected chi connectivity index (χ0v) is 18.6. The molecule has 0 unspecified atom stereocenters. The van der Waals surface area contributed by atoms with Crippen LogP contribution in [0.25, 0.3) is 5.69 Å². The van der Waals surface area contributed by atoms with Gasteiger partial charge in [-0.15, -0.1) is 0 Å². The van der Waals surface area contributed by atoms with Crippen LogP contribution in [0.15, 0.2) is 41.6 Å².